The molecule has 0 aliphatic rings. The van der Waals surface area contributed by atoms with Crippen LogP contribution >= 0.6 is 11.3 Å². The van der Waals surface area contributed by atoms with Crippen LogP contribution in [0.5, 0.6) is 0 Å². The van der Waals surface area contributed by atoms with Crippen LogP contribution in [0.15, 0.2) is 55.0 Å². The minimum Gasteiger partial charge on any atom is -0.298 e. The Morgan fingerprint density at radius 1 is 1.20 bits per heavy atom. The van der Waals surface area contributed by atoms with Gasteiger partial charge >= 0.3 is 0 Å². The summed E-state index contributed by atoms with van der Waals surface area (Å²) in [7, 11) is 0. The molecule has 0 unspecified atom stereocenters. The number of carbonyl (C=O) groups is 1. The first-order valence-electron chi connectivity index (χ1n) is 7.80. The molecule has 1 N–H and O–H groups in total. The lowest BCUT2D eigenvalue weighted by Gasteiger charge is -2.02. The number of pyridine rings is 1. The van der Waals surface area contributed by atoms with Crippen molar-refractivity contribution in [2.75, 3.05) is 5.32 Å². The van der Waals surface area contributed by atoms with Gasteiger partial charge in [0.05, 0.1) is 11.3 Å². The van der Waals surface area contributed by atoms with Gasteiger partial charge in [0.2, 0.25) is 0 Å². The van der Waals surface area contributed by atoms with Crippen LogP contribution in [-0.4, -0.2) is 25.5 Å². The molecule has 0 radical (unpaired) electrons. The van der Waals surface area contributed by atoms with Crippen LogP contribution in [-0.2, 0) is 6.42 Å². The van der Waals surface area contributed by atoms with E-state index < -0.39 is 0 Å². The number of aromatic nitrogens is 4. The van der Waals surface area contributed by atoms with E-state index in [4.69, 9.17) is 0 Å². The van der Waals surface area contributed by atoms with Crippen LogP contribution in [0.1, 0.15) is 26.5 Å². The van der Waals surface area contributed by atoms with Crippen molar-refractivity contribution in [3.63, 3.8) is 0 Å². The maximum Gasteiger partial charge on any atom is 0.258 e. The van der Waals surface area contributed by atoms with E-state index in [0.29, 0.717) is 16.3 Å². The molecule has 0 bridgehead atoms. The van der Waals surface area contributed by atoms with Crippen molar-refractivity contribution in [3.8, 4) is 0 Å². The summed E-state index contributed by atoms with van der Waals surface area (Å²) in [4.78, 5) is 18.1. The molecule has 25 heavy (non-hydrogen) atoms. The number of amides is 1. The number of hydrogen-bond donors (Lipinski definition) is 1. The highest BCUT2D eigenvalue weighted by molar-refractivity contribution is 7.15. The highest BCUT2D eigenvalue weighted by Crippen LogP contribution is 2.25. The van der Waals surface area contributed by atoms with E-state index in [0.717, 1.165) is 17.0 Å². The molecule has 0 saturated carbocycles. The lowest BCUT2D eigenvalue weighted by molar-refractivity contribution is 0.102. The van der Waals surface area contributed by atoms with Crippen LogP contribution in [0.2, 0.25) is 0 Å². The first-order valence-corrected chi connectivity index (χ1v) is 8.62. The summed E-state index contributed by atoms with van der Waals surface area (Å²) in [5.41, 5.74) is 3.40. The Hall–Kier alpha value is -3.06. The van der Waals surface area contributed by atoms with E-state index >= 15 is 0 Å². The molecule has 1 aromatic carbocycles. The second-order valence-corrected chi connectivity index (χ2v) is 6.74. The Labute approximate surface area is 148 Å². The number of thiazole rings is 1. The van der Waals surface area contributed by atoms with Gasteiger partial charge in [-0.15, -0.1) is 21.5 Å². The molecular weight excluding hydrogens is 334 g/mol. The van der Waals surface area contributed by atoms with Crippen LogP contribution < -0.4 is 5.32 Å². The Kier molecular flexibility index (Phi) is 3.99. The van der Waals surface area contributed by atoms with Gasteiger partial charge in [0.25, 0.3) is 5.91 Å². The van der Waals surface area contributed by atoms with Crippen molar-refractivity contribution in [1.29, 1.82) is 0 Å². The average molecular weight is 349 g/mol. The predicted molar refractivity (Wildman–Crippen MR) is 97.0 cm³/mol. The number of carbonyl (C=O) groups excluding carboxylic acids is 1. The molecular formula is C18H15N5OS. The largest absolute Gasteiger partial charge is 0.298 e. The second kappa shape index (κ2) is 6.45. The van der Waals surface area contributed by atoms with Gasteiger partial charge in [0.15, 0.2) is 10.8 Å². The zero-order valence-electron chi connectivity index (χ0n) is 13.5. The van der Waals surface area contributed by atoms with Gasteiger partial charge in [0.1, 0.15) is 6.33 Å². The van der Waals surface area contributed by atoms with Crippen molar-refractivity contribution < 1.29 is 4.79 Å². The summed E-state index contributed by atoms with van der Waals surface area (Å²) in [5, 5.41) is 11.2. The van der Waals surface area contributed by atoms with E-state index in [1.807, 2.05) is 25.1 Å². The topological polar surface area (TPSA) is 72.2 Å². The molecule has 124 valence electrons. The minimum atomic E-state index is -0.199. The van der Waals surface area contributed by atoms with Gasteiger partial charge in [-0.25, -0.2) is 4.98 Å². The van der Waals surface area contributed by atoms with Gasteiger partial charge in [0, 0.05) is 17.5 Å². The van der Waals surface area contributed by atoms with Crippen molar-refractivity contribution in [1.82, 2.24) is 19.6 Å². The maximum atomic E-state index is 12.5. The highest BCUT2D eigenvalue weighted by Gasteiger charge is 2.13. The van der Waals surface area contributed by atoms with Gasteiger partial charge in [-0.05, 0) is 24.6 Å². The van der Waals surface area contributed by atoms with Crippen molar-refractivity contribution in [3.05, 3.63) is 76.7 Å². The molecule has 0 aliphatic heterocycles. The number of aryl methyl sites for hydroxylation is 1. The Bertz CT molecular complexity index is 1040. The molecule has 7 heteroatoms. The molecule has 4 aromatic rings. The second-order valence-electron chi connectivity index (χ2n) is 5.66. The summed E-state index contributed by atoms with van der Waals surface area (Å²) in [6.45, 7) is 1.97. The van der Waals surface area contributed by atoms with Gasteiger partial charge < -0.3 is 0 Å². The number of benzene rings is 1. The summed E-state index contributed by atoms with van der Waals surface area (Å²) in [6, 6.07) is 13.7. The van der Waals surface area contributed by atoms with Crippen LogP contribution in [0.3, 0.4) is 0 Å². The number of nitrogens with zero attached hydrogens (tertiary/aromatic N) is 4. The Morgan fingerprint density at radius 3 is 2.88 bits per heavy atom. The highest BCUT2D eigenvalue weighted by atomic mass is 32.1. The van der Waals surface area contributed by atoms with Crippen molar-refractivity contribution >= 4 is 28.0 Å². The minimum absolute atomic E-state index is 0.199. The van der Waals surface area contributed by atoms with E-state index in [2.05, 4.69) is 32.6 Å². The monoisotopic (exact) mass is 349 g/mol. The molecule has 1 amide bonds. The summed E-state index contributed by atoms with van der Waals surface area (Å²) < 4.78 is 1.71. The third kappa shape index (κ3) is 3.27. The smallest absolute Gasteiger partial charge is 0.258 e. The quantitative estimate of drug-likeness (QED) is 0.613. The van der Waals surface area contributed by atoms with Crippen LogP contribution in [0, 0.1) is 6.92 Å². The van der Waals surface area contributed by atoms with Crippen molar-refractivity contribution in [2.45, 2.75) is 13.3 Å². The standard InChI is InChI=1S/C18H15N5OS/c1-12-15(9-13-5-3-2-4-6-13)25-18(20-12)21-17(24)14-7-8-16-22-19-11-23(16)10-14/h2-8,10-11H,9H2,1H3,(H,20,21,24). The van der Waals surface area contributed by atoms with Crippen LogP contribution in [0.4, 0.5) is 5.13 Å². The molecule has 0 spiro atoms. The molecule has 0 atom stereocenters. The number of hydrogen-bond acceptors (Lipinski definition) is 5. The molecule has 4 rings (SSSR count). The third-order valence-electron chi connectivity index (χ3n) is 3.87. The molecule has 3 heterocycles. The van der Waals surface area contributed by atoms with E-state index in [1.165, 1.54) is 16.9 Å². The first-order chi connectivity index (χ1) is 12.2. The average Bonchev–Trinajstić information content (AvgIpc) is 3.22. The lowest BCUT2D eigenvalue weighted by atomic mass is 10.1. The van der Waals surface area contributed by atoms with Gasteiger partial charge in [-0.1, -0.05) is 30.3 Å². The number of rotatable bonds is 4. The predicted octanol–water partition coefficient (Wildman–Crippen LogP) is 3.34. The third-order valence-corrected chi connectivity index (χ3v) is 4.95. The van der Waals surface area contributed by atoms with E-state index in [9.17, 15) is 4.79 Å². The van der Waals surface area contributed by atoms with Gasteiger partial charge in [-0.3, -0.25) is 14.5 Å². The van der Waals surface area contributed by atoms with E-state index in [-0.39, 0.29) is 5.91 Å². The first kappa shape index (κ1) is 15.5. The summed E-state index contributed by atoms with van der Waals surface area (Å²) in [5.74, 6) is -0.199. The number of anilines is 1. The number of fused-ring (bicyclic) bond motifs is 1. The normalized spacial score (nSPS) is 10.9. The van der Waals surface area contributed by atoms with Crippen molar-refractivity contribution in [2.24, 2.45) is 0 Å². The maximum absolute atomic E-state index is 12.5. The molecule has 3 aromatic heterocycles. The fourth-order valence-electron chi connectivity index (χ4n) is 2.56. The zero-order valence-corrected chi connectivity index (χ0v) is 14.3. The van der Waals surface area contributed by atoms with Crippen LogP contribution in [0.25, 0.3) is 5.65 Å². The SMILES string of the molecule is Cc1nc(NC(=O)c2ccc3nncn3c2)sc1Cc1ccccc1. The fraction of sp³-hybridized carbons (Fsp3) is 0.111. The molecule has 0 aliphatic carbocycles. The van der Waals surface area contributed by atoms with Gasteiger partial charge in [-0.2, -0.15) is 0 Å². The van der Waals surface area contributed by atoms with E-state index in [1.54, 1.807) is 29.1 Å². The Morgan fingerprint density at radius 2 is 2.04 bits per heavy atom. The lowest BCUT2D eigenvalue weighted by Crippen LogP contribution is -2.12. The molecule has 0 fully saturated rings. The molecule has 0 saturated heterocycles. The fourth-order valence-corrected chi connectivity index (χ4v) is 3.55. The zero-order chi connectivity index (χ0) is 17.2. The summed E-state index contributed by atoms with van der Waals surface area (Å²) >= 11 is 1.51. The Balaban J connectivity index is 1.52. The molecule has 6 nitrogen and oxygen atoms in total. The summed E-state index contributed by atoms with van der Waals surface area (Å²) in [6.07, 6.45) is 4.08. The number of nitrogens with one attached hydrogen (secondary N) is 1.